The molecule has 0 saturated heterocycles. The maximum Gasteiger partial charge on any atom is 0.226 e. The Morgan fingerprint density at radius 1 is 1.35 bits per heavy atom. The summed E-state index contributed by atoms with van der Waals surface area (Å²) in [5.74, 6) is 1.16. The van der Waals surface area contributed by atoms with Crippen LogP contribution in [-0.2, 0) is 4.79 Å². The molecular weight excluding hydrogens is 334 g/mol. The Morgan fingerprint density at radius 3 is 2.91 bits per heavy atom. The van der Waals surface area contributed by atoms with Gasteiger partial charge in [0, 0.05) is 17.9 Å². The smallest absolute Gasteiger partial charge is 0.226 e. The molecule has 4 heterocycles. The second-order valence-electron chi connectivity index (χ2n) is 5.34. The number of nitrogens with zero attached hydrogens (tertiary/aromatic N) is 4. The summed E-state index contributed by atoms with van der Waals surface area (Å²) in [7, 11) is 0. The first-order valence-electron chi connectivity index (χ1n) is 7.04. The summed E-state index contributed by atoms with van der Waals surface area (Å²) in [6, 6.07) is 5.42. The summed E-state index contributed by atoms with van der Waals surface area (Å²) >= 11 is 7.41. The van der Waals surface area contributed by atoms with E-state index in [1.54, 1.807) is 28.2 Å². The Kier molecular flexibility index (Phi) is 3.39. The number of halogens is 1. The predicted octanol–water partition coefficient (Wildman–Crippen LogP) is 3.16. The highest BCUT2D eigenvalue weighted by atomic mass is 35.5. The third kappa shape index (κ3) is 2.42. The largest absolute Gasteiger partial charge is 0.310 e. The minimum atomic E-state index is -0.0308. The van der Waals surface area contributed by atoms with E-state index in [9.17, 15) is 4.79 Å². The number of aromatic nitrogens is 4. The lowest BCUT2D eigenvalue weighted by Gasteiger charge is -2.23. The van der Waals surface area contributed by atoms with Crippen LogP contribution in [-0.4, -0.2) is 25.9 Å². The van der Waals surface area contributed by atoms with Crippen molar-refractivity contribution in [2.75, 3.05) is 5.32 Å². The van der Waals surface area contributed by atoms with Crippen molar-refractivity contribution in [2.45, 2.75) is 19.3 Å². The molecule has 23 heavy (non-hydrogen) atoms. The van der Waals surface area contributed by atoms with Gasteiger partial charge in [-0.15, -0.1) is 10.2 Å². The van der Waals surface area contributed by atoms with E-state index in [1.165, 1.54) is 0 Å². The van der Waals surface area contributed by atoms with Crippen molar-refractivity contribution in [3.63, 3.8) is 0 Å². The van der Waals surface area contributed by atoms with Gasteiger partial charge in [-0.3, -0.25) is 4.79 Å². The summed E-state index contributed by atoms with van der Waals surface area (Å²) in [5, 5.41) is 19.8. The Labute approximate surface area is 141 Å². The quantitative estimate of drug-likeness (QED) is 0.774. The van der Waals surface area contributed by atoms with E-state index in [0.29, 0.717) is 23.2 Å². The molecule has 1 atom stereocenters. The van der Waals surface area contributed by atoms with E-state index in [0.717, 1.165) is 16.8 Å². The molecule has 0 bridgehead atoms. The second-order valence-corrected chi connectivity index (χ2v) is 6.50. The van der Waals surface area contributed by atoms with Crippen molar-refractivity contribution in [3.8, 4) is 5.82 Å². The number of amides is 1. The fraction of sp³-hybridized carbons (Fsp3) is 0.200. The van der Waals surface area contributed by atoms with E-state index < -0.39 is 0 Å². The van der Waals surface area contributed by atoms with Crippen LogP contribution in [0.2, 0.25) is 5.15 Å². The fourth-order valence-electron chi connectivity index (χ4n) is 2.89. The second kappa shape index (κ2) is 5.43. The van der Waals surface area contributed by atoms with Crippen molar-refractivity contribution < 1.29 is 4.79 Å². The average Bonchev–Trinajstić information content (AvgIpc) is 3.16. The van der Waals surface area contributed by atoms with E-state index in [-0.39, 0.29) is 11.8 Å². The van der Waals surface area contributed by atoms with Crippen LogP contribution < -0.4 is 5.32 Å². The highest BCUT2D eigenvalue weighted by molar-refractivity contribution is 7.08. The zero-order chi connectivity index (χ0) is 16.0. The van der Waals surface area contributed by atoms with Crippen LogP contribution in [0.25, 0.3) is 5.82 Å². The molecule has 4 rings (SSSR count). The normalized spacial score (nSPS) is 17.0. The molecule has 0 spiro atoms. The van der Waals surface area contributed by atoms with Crippen LogP contribution in [0.5, 0.6) is 0 Å². The molecule has 0 aliphatic carbocycles. The lowest BCUT2D eigenvalue weighted by atomic mass is 9.87. The van der Waals surface area contributed by atoms with Gasteiger partial charge in [-0.05, 0) is 41.4 Å². The van der Waals surface area contributed by atoms with Gasteiger partial charge in [-0.2, -0.15) is 21.1 Å². The van der Waals surface area contributed by atoms with Gasteiger partial charge in [0.25, 0.3) is 0 Å². The number of aryl methyl sites for hydroxylation is 1. The number of hydrogen-bond acceptors (Lipinski definition) is 5. The zero-order valence-electron chi connectivity index (χ0n) is 12.2. The van der Waals surface area contributed by atoms with E-state index in [4.69, 9.17) is 11.6 Å². The van der Waals surface area contributed by atoms with Gasteiger partial charge in [-0.1, -0.05) is 11.6 Å². The first kappa shape index (κ1) is 14.3. The molecule has 3 aromatic heterocycles. The third-order valence-corrected chi connectivity index (χ3v) is 4.79. The molecule has 1 aliphatic heterocycles. The van der Waals surface area contributed by atoms with E-state index in [2.05, 4.69) is 32.1 Å². The van der Waals surface area contributed by atoms with Crippen LogP contribution in [0.15, 0.2) is 29.0 Å². The number of nitrogens with one attached hydrogen (secondary N) is 1. The van der Waals surface area contributed by atoms with Gasteiger partial charge in [0.2, 0.25) is 5.91 Å². The molecule has 0 fully saturated rings. The fourth-order valence-corrected chi connectivity index (χ4v) is 3.71. The zero-order valence-corrected chi connectivity index (χ0v) is 13.7. The highest BCUT2D eigenvalue weighted by Gasteiger charge is 2.33. The van der Waals surface area contributed by atoms with Crippen LogP contribution in [0.4, 0.5) is 5.82 Å². The van der Waals surface area contributed by atoms with Crippen LogP contribution in [0.3, 0.4) is 0 Å². The molecular formula is C15H12ClN5OS. The lowest BCUT2D eigenvalue weighted by molar-refractivity contribution is -0.116. The predicted molar refractivity (Wildman–Crippen MR) is 88.3 cm³/mol. The number of carbonyl (C=O) groups is 1. The van der Waals surface area contributed by atoms with Gasteiger partial charge in [0.1, 0.15) is 5.82 Å². The highest BCUT2D eigenvalue weighted by Crippen LogP contribution is 2.40. The van der Waals surface area contributed by atoms with Crippen molar-refractivity contribution in [2.24, 2.45) is 0 Å². The van der Waals surface area contributed by atoms with Gasteiger partial charge >= 0.3 is 0 Å². The molecule has 0 saturated carbocycles. The number of thiophene rings is 1. The summed E-state index contributed by atoms with van der Waals surface area (Å²) in [6.45, 7) is 1.94. The first-order chi connectivity index (χ1) is 11.1. The summed E-state index contributed by atoms with van der Waals surface area (Å²) in [4.78, 5) is 12.2. The van der Waals surface area contributed by atoms with Crippen LogP contribution in [0.1, 0.15) is 29.2 Å². The number of carbonyl (C=O) groups excluding carboxylic acids is 1. The van der Waals surface area contributed by atoms with Crippen LogP contribution >= 0.6 is 22.9 Å². The summed E-state index contributed by atoms with van der Waals surface area (Å²) in [6.07, 6.45) is 0.419. The molecule has 1 amide bonds. The molecule has 3 aromatic rings. The SMILES string of the molecule is Cc1nn(-c2ccc(Cl)nn2)c2c1[C@H](c1ccsc1)CC(=O)N2. The van der Waals surface area contributed by atoms with Crippen molar-refractivity contribution in [1.82, 2.24) is 20.0 Å². The molecule has 8 heteroatoms. The van der Waals surface area contributed by atoms with Gasteiger partial charge in [0.15, 0.2) is 11.0 Å². The topological polar surface area (TPSA) is 72.7 Å². The Balaban J connectivity index is 1.88. The Morgan fingerprint density at radius 2 is 2.22 bits per heavy atom. The minimum absolute atomic E-state index is 0.0130. The Bertz CT molecular complexity index is 872. The van der Waals surface area contributed by atoms with Crippen molar-refractivity contribution in [3.05, 3.63) is 50.9 Å². The van der Waals surface area contributed by atoms with E-state index in [1.807, 2.05) is 12.3 Å². The first-order valence-corrected chi connectivity index (χ1v) is 8.36. The van der Waals surface area contributed by atoms with Crippen LogP contribution in [0, 0.1) is 6.92 Å². The van der Waals surface area contributed by atoms with Gasteiger partial charge < -0.3 is 5.32 Å². The lowest BCUT2D eigenvalue weighted by Crippen LogP contribution is -2.24. The number of hydrogen-bond donors (Lipinski definition) is 1. The molecule has 1 aliphatic rings. The molecule has 0 unspecified atom stereocenters. The standard InChI is InChI=1S/C15H12ClN5OS/c1-8-14-10(9-4-5-23-7-9)6-13(22)17-15(14)21(20-8)12-3-2-11(16)18-19-12/h2-5,7,10H,6H2,1H3,(H,17,22)/t10-/m0/s1. The molecule has 0 radical (unpaired) electrons. The number of fused-ring (bicyclic) bond motifs is 1. The Hall–Kier alpha value is -2.25. The van der Waals surface area contributed by atoms with Gasteiger partial charge in [-0.25, -0.2) is 0 Å². The molecule has 0 aromatic carbocycles. The molecule has 1 N–H and O–H groups in total. The van der Waals surface area contributed by atoms with Gasteiger partial charge in [0.05, 0.1) is 5.69 Å². The average molecular weight is 346 g/mol. The summed E-state index contributed by atoms with van der Waals surface area (Å²) in [5.41, 5.74) is 3.03. The van der Waals surface area contributed by atoms with Crippen molar-refractivity contribution >= 4 is 34.7 Å². The third-order valence-electron chi connectivity index (χ3n) is 3.88. The maximum atomic E-state index is 12.2. The molecule has 6 nitrogen and oxygen atoms in total. The number of anilines is 1. The monoisotopic (exact) mass is 345 g/mol. The van der Waals surface area contributed by atoms with E-state index >= 15 is 0 Å². The number of rotatable bonds is 2. The molecule has 116 valence electrons. The maximum absolute atomic E-state index is 12.2. The van der Waals surface area contributed by atoms with Crippen molar-refractivity contribution in [1.29, 1.82) is 0 Å². The summed E-state index contributed by atoms with van der Waals surface area (Å²) < 4.78 is 1.62. The minimum Gasteiger partial charge on any atom is -0.310 e.